The summed E-state index contributed by atoms with van der Waals surface area (Å²) in [5, 5.41) is 3.43. The van der Waals surface area contributed by atoms with Crippen LogP contribution in [0.4, 0.5) is 17.3 Å². The summed E-state index contributed by atoms with van der Waals surface area (Å²) in [5.41, 5.74) is 3.52. The molecule has 0 unspecified atom stereocenters. The van der Waals surface area contributed by atoms with Gasteiger partial charge in [0, 0.05) is 37.7 Å². The number of nitrogens with zero attached hydrogens (tertiary/aromatic N) is 3. The highest BCUT2D eigenvalue weighted by molar-refractivity contribution is 5.61. The van der Waals surface area contributed by atoms with Crippen LogP contribution in [0.3, 0.4) is 0 Å². The number of ether oxygens (including phenoxy) is 2. The van der Waals surface area contributed by atoms with E-state index in [1.54, 1.807) is 0 Å². The SMILES string of the molecule is Cc1cc(C)cc(Nc2cc(N3CCC4(CC3)OCCO4)nc(C)n2)c1. The molecule has 3 heterocycles. The van der Waals surface area contributed by atoms with Crippen molar-refractivity contribution in [3.8, 4) is 0 Å². The highest BCUT2D eigenvalue weighted by Crippen LogP contribution is 2.33. The molecule has 2 saturated heterocycles. The Kier molecular flexibility index (Phi) is 4.54. The monoisotopic (exact) mass is 354 g/mol. The van der Waals surface area contributed by atoms with Crippen LogP contribution in [-0.2, 0) is 9.47 Å². The Morgan fingerprint density at radius 3 is 2.23 bits per heavy atom. The highest BCUT2D eigenvalue weighted by atomic mass is 16.7. The summed E-state index contributed by atoms with van der Waals surface area (Å²) in [4.78, 5) is 11.5. The fourth-order valence-corrected chi connectivity index (χ4v) is 3.83. The van der Waals surface area contributed by atoms with E-state index in [-0.39, 0.29) is 5.79 Å². The van der Waals surface area contributed by atoms with Gasteiger partial charge in [-0.15, -0.1) is 0 Å². The van der Waals surface area contributed by atoms with E-state index in [1.807, 2.05) is 13.0 Å². The minimum absolute atomic E-state index is 0.362. The Morgan fingerprint density at radius 2 is 1.58 bits per heavy atom. The lowest BCUT2D eigenvalue weighted by atomic mass is 10.0. The minimum Gasteiger partial charge on any atom is -0.356 e. The number of benzene rings is 1. The maximum Gasteiger partial charge on any atom is 0.171 e. The smallest absolute Gasteiger partial charge is 0.171 e. The van der Waals surface area contributed by atoms with Crippen LogP contribution >= 0.6 is 0 Å². The van der Waals surface area contributed by atoms with Crippen molar-refractivity contribution in [2.45, 2.75) is 39.4 Å². The van der Waals surface area contributed by atoms with Gasteiger partial charge in [-0.1, -0.05) is 6.07 Å². The normalized spacial score (nSPS) is 19.1. The van der Waals surface area contributed by atoms with Gasteiger partial charge in [-0.2, -0.15) is 0 Å². The summed E-state index contributed by atoms with van der Waals surface area (Å²) >= 11 is 0. The third kappa shape index (κ3) is 3.66. The number of hydrogen-bond acceptors (Lipinski definition) is 6. The van der Waals surface area contributed by atoms with Gasteiger partial charge in [0.25, 0.3) is 0 Å². The Morgan fingerprint density at radius 1 is 0.923 bits per heavy atom. The third-order valence-corrected chi connectivity index (χ3v) is 4.98. The molecule has 26 heavy (non-hydrogen) atoms. The first-order valence-corrected chi connectivity index (χ1v) is 9.25. The predicted molar refractivity (Wildman–Crippen MR) is 102 cm³/mol. The molecular formula is C20H26N4O2. The van der Waals surface area contributed by atoms with Crippen molar-refractivity contribution in [2.24, 2.45) is 0 Å². The first-order chi connectivity index (χ1) is 12.5. The van der Waals surface area contributed by atoms with Crippen LogP contribution < -0.4 is 10.2 Å². The molecule has 1 spiro atoms. The van der Waals surface area contributed by atoms with Gasteiger partial charge in [-0.3, -0.25) is 0 Å². The van der Waals surface area contributed by atoms with E-state index in [9.17, 15) is 0 Å². The molecule has 1 aromatic carbocycles. The number of aromatic nitrogens is 2. The molecular weight excluding hydrogens is 328 g/mol. The largest absolute Gasteiger partial charge is 0.356 e. The molecule has 6 nitrogen and oxygen atoms in total. The lowest BCUT2D eigenvalue weighted by Gasteiger charge is -2.38. The zero-order valence-electron chi connectivity index (χ0n) is 15.7. The van der Waals surface area contributed by atoms with E-state index < -0.39 is 0 Å². The molecule has 1 aromatic heterocycles. The van der Waals surface area contributed by atoms with E-state index in [1.165, 1.54) is 11.1 Å². The van der Waals surface area contributed by atoms with Crippen molar-refractivity contribution in [1.82, 2.24) is 9.97 Å². The zero-order chi connectivity index (χ0) is 18.1. The summed E-state index contributed by atoms with van der Waals surface area (Å²) in [6.45, 7) is 9.30. The molecule has 0 bridgehead atoms. The van der Waals surface area contributed by atoms with Crippen molar-refractivity contribution >= 4 is 17.3 Å². The van der Waals surface area contributed by atoms with Crippen molar-refractivity contribution in [3.63, 3.8) is 0 Å². The fraction of sp³-hybridized carbons (Fsp3) is 0.500. The lowest BCUT2D eigenvalue weighted by Crippen LogP contribution is -2.45. The first-order valence-electron chi connectivity index (χ1n) is 9.25. The molecule has 138 valence electrons. The summed E-state index contributed by atoms with van der Waals surface area (Å²) in [6.07, 6.45) is 1.74. The van der Waals surface area contributed by atoms with Crippen LogP contribution in [0.5, 0.6) is 0 Å². The van der Waals surface area contributed by atoms with Gasteiger partial charge in [0.15, 0.2) is 5.79 Å². The molecule has 6 heteroatoms. The Hall–Kier alpha value is -2.18. The average molecular weight is 354 g/mol. The predicted octanol–water partition coefficient (Wildman–Crippen LogP) is 3.49. The molecule has 0 amide bonds. The zero-order valence-corrected chi connectivity index (χ0v) is 15.7. The van der Waals surface area contributed by atoms with E-state index in [4.69, 9.17) is 9.47 Å². The van der Waals surface area contributed by atoms with E-state index in [0.717, 1.165) is 49.1 Å². The molecule has 0 aliphatic carbocycles. The fourth-order valence-electron chi connectivity index (χ4n) is 3.83. The Labute approximate surface area is 154 Å². The summed E-state index contributed by atoms with van der Waals surface area (Å²) in [5.74, 6) is 2.19. The van der Waals surface area contributed by atoms with Crippen molar-refractivity contribution in [2.75, 3.05) is 36.5 Å². The first kappa shape index (κ1) is 17.2. The van der Waals surface area contributed by atoms with Crippen LogP contribution in [0, 0.1) is 20.8 Å². The number of aryl methyl sites for hydroxylation is 3. The van der Waals surface area contributed by atoms with Crippen LogP contribution in [0.15, 0.2) is 24.3 Å². The van der Waals surface area contributed by atoms with Gasteiger partial charge < -0.3 is 19.7 Å². The Bertz CT molecular complexity index is 772. The molecule has 2 fully saturated rings. The van der Waals surface area contributed by atoms with Gasteiger partial charge in [0.05, 0.1) is 13.2 Å². The molecule has 0 radical (unpaired) electrons. The Balaban J connectivity index is 1.51. The van der Waals surface area contributed by atoms with Gasteiger partial charge >= 0.3 is 0 Å². The summed E-state index contributed by atoms with van der Waals surface area (Å²) in [6, 6.07) is 8.45. The second kappa shape index (κ2) is 6.85. The maximum atomic E-state index is 5.82. The maximum absolute atomic E-state index is 5.82. The van der Waals surface area contributed by atoms with Gasteiger partial charge in [-0.05, 0) is 44.0 Å². The number of nitrogens with one attached hydrogen (secondary N) is 1. The standard InChI is InChI=1S/C20H26N4O2/c1-14-10-15(2)12-17(11-14)23-18-13-19(22-16(3)21-18)24-6-4-20(5-7-24)25-8-9-26-20/h10-13H,4-9H2,1-3H3,(H,21,22,23). The van der Waals surface area contributed by atoms with Crippen LogP contribution in [-0.4, -0.2) is 42.1 Å². The molecule has 0 atom stereocenters. The van der Waals surface area contributed by atoms with E-state index in [2.05, 4.69) is 52.2 Å². The van der Waals surface area contributed by atoms with Gasteiger partial charge in [-0.25, -0.2) is 9.97 Å². The molecule has 4 rings (SSSR count). The quantitative estimate of drug-likeness (QED) is 0.910. The molecule has 0 saturated carbocycles. The number of anilines is 3. The van der Waals surface area contributed by atoms with E-state index in [0.29, 0.717) is 13.2 Å². The van der Waals surface area contributed by atoms with Crippen molar-refractivity contribution < 1.29 is 9.47 Å². The van der Waals surface area contributed by atoms with Gasteiger partial charge in [0.2, 0.25) is 0 Å². The third-order valence-electron chi connectivity index (χ3n) is 4.98. The highest BCUT2D eigenvalue weighted by Gasteiger charge is 2.40. The van der Waals surface area contributed by atoms with E-state index >= 15 is 0 Å². The number of hydrogen-bond donors (Lipinski definition) is 1. The average Bonchev–Trinajstić information content (AvgIpc) is 3.02. The van der Waals surface area contributed by atoms with Crippen molar-refractivity contribution in [1.29, 1.82) is 0 Å². The second-order valence-corrected chi connectivity index (χ2v) is 7.25. The van der Waals surface area contributed by atoms with Crippen LogP contribution in [0.2, 0.25) is 0 Å². The summed E-state index contributed by atoms with van der Waals surface area (Å²) in [7, 11) is 0. The van der Waals surface area contributed by atoms with Crippen LogP contribution in [0.25, 0.3) is 0 Å². The minimum atomic E-state index is -0.362. The topological polar surface area (TPSA) is 59.5 Å². The van der Waals surface area contributed by atoms with Crippen LogP contribution in [0.1, 0.15) is 29.8 Å². The van der Waals surface area contributed by atoms with Gasteiger partial charge in [0.1, 0.15) is 17.5 Å². The summed E-state index contributed by atoms with van der Waals surface area (Å²) < 4.78 is 11.6. The second-order valence-electron chi connectivity index (χ2n) is 7.25. The number of piperidine rings is 1. The molecule has 2 aliphatic rings. The molecule has 2 aromatic rings. The molecule has 1 N–H and O–H groups in total. The lowest BCUT2D eigenvalue weighted by molar-refractivity contribution is -0.169. The van der Waals surface area contributed by atoms with Crippen molar-refractivity contribution in [3.05, 3.63) is 41.2 Å². The molecule has 2 aliphatic heterocycles. The number of rotatable bonds is 3.